The second-order valence-corrected chi connectivity index (χ2v) is 15.7. The highest BCUT2D eigenvalue weighted by atomic mass is 15.1. The van der Waals surface area contributed by atoms with E-state index in [9.17, 15) is 0 Å². The van der Waals surface area contributed by atoms with Crippen molar-refractivity contribution < 1.29 is 0 Å². The van der Waals surface area contributed by atoms with Crippen LogP contribution in [0.4, 0.5) is 0 Å². The summed E-state index contributed by atoms with van der Waals surface area (Å²) in [5.41, 5.74) is 14.8. The van der Waals surface area contributed by atoms with Crippen LogP contribution in [0.15, 0.2) is 203 Å². The van der Waals surface area contributed by atoms with Crippen LogP contribution in [0.3, 0.4) is 0 Å². The Morgan fingerprint density at radius 2 is 1.41 bits per heavy atom. The quantitative estimate of drug-likeness (QED) is 0.183. The topological polar surface area (TPSA) is 24.4 Å². The highest BCUT2D eigenvalue weighted by Crippen LogP contribution is 2.68. The maximum atomic E-state index is 5.44. The Morgan fingerprint density at radius 1 is 0.667 bits per heavy atom. The first-order valence-electron chi connectivity index (χ1n) is 19.5. The minimum Gasteiger partial charge on any atom is -0.359 e. The summed E-state index contributed by atoms with van der Waals surface area (Å²) in [4.78, 5) is 5.44. The molecule has 5 aromatic rings. The number of hydrogen-bond donors (Lipinski definition) is 1. The average molecular weight is 691 g/mol. The Bertz CT molecular complexity index is 2810. The molecule has 1 N–H and O–H groups in total. The molecule has 0 saturated carbocycles. The van der Waals surface area contributed by atoms with Gasteiger partial charge in [0.15, 0.2) is 0 Å². The number of fused-ring (bicyclic) bond motifs is 16. The molecule has 0 fully saturated rings. The van der Waals surface area contributed by atoms with Crippen molar-refractivity contribution in [1.82, 2.24) is 5.32 Å². The summed E-state index contributed by atoms with van der Waals surface area (Å²) in [6, 6.07) is 38.3. The summed E-state index contributed by atoms with van der Waals surface area (Å²) in [5, 5.41) is 9.31. The second kappa shape index (κ2) is 11.4. The summed E-state index contributed by atoms with van der Waals surface area (Å²) in [7, 11) is 0. The molecule has 2 nitrogen and oxygen atoms in total. The highest BCUT2D eigenvalue weighted by molar-refractivity contribution is 6.13. The van der Waals surface area contributed by atoms with E-state index in [-0.39, 0.29) is 23.3 Å². The molecule has 54 heavy (non-hydrogen) atoms. The van der Waals surface area contributed by atoms with Crippen molar-refractivity contribution in [3.05, 3.63) is 226 Å². The van der Waals surface area contributed by atoms with E-state index >= 15 is 0 Å². The van der Waals surface area contributed by atoms with Crippen molar-refractivity contribution in [2.75, 3.05) is 0 Å². The molecule has 0 bridgehead atoms. The SMILES string of the molecule is C1=CCC2=C(C=C1)C1C=CC(C3=NC(c4ccccc4)=C4C=CC=CC4N3)=CC1C21C2=Cc3c(c4ccccc4c4ccccc34)CC2c2ccccc21. The molecule has 1 spiro atoms. The van der Waals surface area contributed by atoms with Gasteiger partial charge in [-0.15, -0.1) is 0 Å². The highest BCUT2D eigenvalue weighted by Gasteiger charge is 2.60. The van der Waals surface area contributed by atoms with E-state index in [1.165, 1.54) is 60.5 Å². The van der Waals surface area contributed by atoms with Crippen molar-refractivity contribution in [1.29, 1.82) is 0 Å². The smallest absolute Gasteiger partial charge is 0.134 e. The average Bonchev–Trinajstić information content (AvgIpc) is 3.53. The van der Waals surface area contributed by atoms with Crippen LogP contribution in [0.2, 0.25) is 0 Å². The number of hydrogen-bond acceptors (Lipinski definition) is 2. The number of nitrogens with one attached hydrogen (secondary N) is 1. The molecule has 5 unspecified atom stereocenters. The maximum absolute atomic E-state index is 5.44. The largest absolute Gasteiger partial charge is 0.359 e. The summed E-state index contributed by atoms with van der Waals surface area (Å²) >= 11 is 0. The first-order chi connectivity index (χ1) is 26.8. The lowest BCUT2D eigenvalue weighted by Crippen LogP contribution is -2.41. The Hall–Kier alpha value is -6.25. The number of amidine groups is 1. The Kier molecular flexibility index (Phi) is 6.37. The van der Waals surface area contributed by atoms with Gasteiger partial charge in [-0.25, -0.2) is 4.99 Å². The van der Waals surface area contributed by atoms with Gasteiger partial charge in [-0.1, -0.05) is 176 Å². The predicted octanol–water partition coefficient (Wildman–Crippen LogP) is 11.4. The molecule has 5 atom stereocenters. The molecule has 7 aliphatic rings. The van der Waals surface area contributed by atoms with Crippen molar-refractivity contribution in [2.45, 2.75) is 30.2 Å². The summed E-state index contributed by atoms with van der Waals surface area (Å²) in [6.07, 6.45) is 30.1. The van der Waals surface area contributed by atoms with E-state index < -0.39 is 0 Å². The third-order valence-corrected chi connectivity index (χ3v) is 13.3. The van der Waals surface area contributed by atoms with Gasteiger partial charge in [0.1, 0.15) is 5.84 Å². The molecule has 0 aromatic heterocycles. The van der Waals surface area contributed by atoms with Crippen molar-refractivity contribution in [3.63, 3.8) is 0 Å². The van der Waals surface area contributed by atoms with E-state index in [0.717, 1.165) is 29.9 Å². The van der Waals surface area contributed by atoms with Gasteiger partial charge >= 0.3 is 0 Å². The van der Waals surface area contributed by atoms with Crippen LogP contribution in [0.5, 0.6) is 0 Å². The van der Waals surface area contributed by atoms with E-state index in [4.69, 9.17) is 4.99 Å². The van der Waals surface area contributed by atoms with Gasteiger partial charge in [-0.3, -0.25) is 0 Å². The minimum atomic E-state index is -0.271. The fourth-order valence-electron chi connectivity index (χ4n) is 11.2. The Balaban J connectivity index is 1.11. The second-order valence-electron chi connectivity index (χ2n) is 15.7. The molecule has 0 radical (unpaired) electrons. The van der Waals surface area contributed by atoms with E-state index in [1.807, 2.05) is 0 Å². The third-order valence-electron chi connectivity index (χ3n) is 13.3. The van der Waals surface area contributed by atoms with Crippen LogP contribution in [-0.2, 0) is 11.8 Å². The van der Waals surface area contributed by atoms with Gasteiger partial charge in [0, 0.05) is 39.9 Å². The lowest BCUT2D eigenvalue weighted by molar-refractivity contribution is 0.414. The number of rotatable bonds is 2. The molecule has 12 rings (SSSR count). The lowest BCUT2D eigenvalue weighted by Gasteiger charge is -2.41. The molecular formula is C52H38N2. The maximum Gasteiger partial charge on any atom is 0.134 e. The molecule has 2 heteroatoms. The van der Waals surface area contributed by atoms with Crippen molar-refractivity contribution in [2.24, 2.45) is 16.8 Å². The van der Waals surface area contributed by atoms with Gasteiger partial charge in [0.25, 0.3) is 0 Å². The van der Waals surface area contributed by atoms with E-state index in [0.29, 0.717) is 5.92 Å². The zero-order valence-corrected chi connectivity index (χ0v) is 29.9. The predicted molar refractivity (Wildman–Crippen MR) is 224 cm³/mol. The summed E-state index contributed by atoms with van der Waals surface area (Å²) in [5.74, 6) is 1.74. The van der Waals surface area contributed by atoms with Gasteiger partial charge in [-0.05, 0) is 73.4 Å². The molecule has 5 aromatic carbocycles. The van der Waals surface area contributed by atoms with Gasteiger partial charge in [0.2, 0.25) is 0 Å². The molecule has 1 heterocycles. The van der Waals surface area contributed by atoms with Crippen LogP contribution in [0, 0.1) is 11.8 Å². The first-order valence-corrected chi connectivity index (χ1v) is 19.5. The summed E-state index contributed by atoms with van der Waals surface area (Å²) in [6.45, 7) is 0. The van der Waals surface area contributed by atoms with E-state index in [1.54, 1.807) is 11.1 Å². The van der Waals surface area contributed by atoms with Crippen LogP contribution in [-0.4, -0.2) is 11.9 Å². The van der Waals surface area contributed by atoms with Crippen LogP contribution < -0.4 is 5.32 Å². The van der Waals surface area contributed by atoms with Crippen molar-refractivity contribution >= 4 is 39.2 Å². The van der Waals surface area contributed by atoms with Gasteiger partial charge in [0.05, 0.1) is 11.7 Å². The first kappa shape index (κ1) is 30.2. The fourth-order valence-corrected chi connectivity index (χ4v) is 11.2. The lowest BCUT2D eigenvalue weighted by atomic mass is 9.61. The Morgan fingerprint density at radius 3 is 2.30 bits per heavy atom. The molecule has 6 aliphatic carbocycles. The van der Waals surface area contributed by atoms with Crippen LogP contribution >= 0.6 is 0 Å². The standard InChI is InChI=1S/C52H38N2/c1-3-15-32(16-4-1)50-41-23-12-14-26-49(41)53-51(54-50)33-27-28-40-38-21-5-2-6-24-45(38)52(47(40)29-33)46-25-13-11-22-39(46)44-30-42-36-19-9-7-17-34(36)35-18-8-10-20-37(35)43(42)31-48(44)52/h1-23,25-29,31,40,44,47,49H,24,30H2,(H,53,54). The van der Waals surface area contributed by atoms with Crippen LogP contribution in [0.25, 0.3) is 33.3 Å². The monoisotopic (exact) mass is 690 g/mol. The number of allylic oxidation sites excluding steroid dienone is 11. The molecule has 256 valence electrons. The minimum absolute atomic E-state index is 0.0717. The Labute approximate surface area is 316 Å². The normalized spacial score (nSPS) is 26.8. The third kappa shape index (κ3) is 4.03. The van der Waals surface area contributed by atoms with Gasteiger partial charge in [-0.2, -0.15) is 0 Å². The van der Waals surface area contributed by atoms with E-state index in [2.05, 4.69) is 181 Å². The molecular weight excluding hydrogens is 653 g/mol. The fraction of sp³-hybridized carbons (Fsp3) is 0.135. The number of benzene rings is 5. The molecule has 1 aliphatic heterocycles. The molecule has 0 saturated heterocycles. The van der Waals surface area contributed by atoms with Gasteiger partial charge < -0.3 is 5.32 Å². The number of aliphatic imine (C=N–C) groups is 1. The zero-order chi connectivity index (χ0) is 35.4. The zero-order valence-electron chi connectivity index (χ0n) is 29.9. The number of nitrogens with zero attached hydrogens (tertiary/aromatic N) is 1. The van der Waals surface area contributed by atoms with Crippen molar-refractivity contribution in [3.8, 4) is 0 Å². The molecule has 0 amide bonds. The van der Waals surface area contributed by atoms with Crippen LogP contribution in [0.1, 0.15) is 40.2 Å². The summed E-state index contributed by atoms with van der Waals surface area (Å²) < 4.78 is 0.